The van der Waals surface area contributed by atoms with Crippen molar-refractivity contribution in [2.45, 2.75) is 38.9 Å². The molecule has 0 aromatic rings. The topological polar surface area (TPSA) is 32.3 Å². The summed E-state index contributed by atoms with van der Waals surface area (Å²) in [5.41, 5.74) is 0. The Kier molecular flexibility index (Phi) is 5.46. The molecule has 2 amide bonds. The first-order valence-electron chi connectivity index (χ1n) is 4.89. The van der Waals surface area contributed by atoms with Gasteiger partial charge in [0, 0.05) is 13.1 Å². The third kappa shape index (κ3) is 5.49. The number of carbonyl (C=O) groups is 1. The summed E-state index contributed by atoms with van der Waals surface area (Å²) in [5, 5.41) is 1.83. The molecule has 0 aliphatic carbocycles. The van der Waals surface area contributed by atoms with Crippen molar-refractivity contribution in [2.24, 2.45) is 0 Å². The molecule has 0 unspecified atom stereocenters. The van der Waals surface area contributed by atoms with E-state index >= 15 is 0 Å². The van der Waals surface area contributed by atoms with E-state index in [-0.39, 0.29) is 6.04 Å². The molecule has 3 nitrogen and oxygen atoms in total. The monoisotopic (exact) mass is 226 g/mol. The molecule has 0 aliphatic heterocycles. The Bertz CT molecular complexity index is 202. The summed E-state index contributed by atoms with van der Waals surface area (Å²) in [6, 6.07) is -0.695. The maximum absolute atomic E-state index is 11.8. The van der Waals surface area contributed by atoms with E-state index < -0.39 is 18.8 Å². The molecule has 0 heterocycles. The average Bonchev–Trinajstić information content (AvgIpc) is 2.14. The van der Waals surface area contributed by atoms with Crippen LogP contribution in [0.3, 0.4) is 0 Å². The molecular weight excluding hydrogens is 209 g/mol. The van der Waals surface area contributed by atoms with Gasteiger partial charge in [-0.2, -0.15) is 13.2 Å². The number of nitrogens with zero attached hydrogens (tertiary/aromatic N) is 1. The van der Waals surface area contributed by atoms with Crippen LogP contribution in [0.1, 0.15) is 26.7 Å². The van der Waals surface area contributed by atoms with Crippen molar-refractivity contribution in [1.82, 2.24) is 10.2 Å². The highest BCUT2D eigenvalue weighted by molar-refractivity contribution is 5.74. The molecular formula is C9H17F3N2O. The fourth-order valence-corrected chi connectivity index (χ4v) is 1.30. The number of alkyl halides is 3. The van der Waals surface area contributed by atoms with Crippen LogP contribution in [0.25, 0.3) is 0 Å². The van der Waals surface area contributed by atoms with Crippen LogP contribution in [0, 0.1) is 0 Å². The van der Waals surface area contributed by atoms with Crippen LogP contribution in [-0.4, -0.2) is 36.7 Å². The van der Waals surface area contributed by atoms with Gasteiger partial charge in [-0.05, 0) is 12.8 Å². The average molecular weight is 226 g/mol. The van der Waals surface area contributed by atoms with Crippen molar-refractivity contribution in [3.05, 3.63) is 0 Å². The number of amides is 2. The highest BCUT2D eigenvalue weighted by Crippen LogP contribution is 2.13. The van der Waals surface area contributed by atoms with E-state index in [1.165, 1.54) is 11.9 Å². The lowest BCUT2D eigenvalue weighted by molar-refractivity contribution is -0.123. The fourth-order valence-electron chi connectivity index (χ4n) is 1.30. The third-order valence-corrected chi connectivity index (χ3v) is 2.25. The smallest absolute Gasteiger partial charge is 0.329 e. The van der Waals surface area contributed by atoms with E-state index in [0.717, 1.165) is 12.8 Å². The number of nitrogens with one attached hydrogen (secondary N) is 1. The minimum absolute atomic E-state index is 0.0155. The van der Waals surface area contributed by atoms with Gasteiger partial charge in [0.05, 0.1) is 0 Å². The van der Waals surface area contributed by atoms with Crippen LogP contribution in [0.15, 0.2) is 0 Å². The molecule has 0 saturated carbocycles. The van der Waals surface area contributed by atoms with Gasteiger partial charge in [-0.3, -0.25) is 0 Å². The summed E-state index contributed by atoms with van der Waals surface area (Å²) in [6.07, 6.45) is -2.90. The van der Waals surface area contributed by atoms with E-state index in [2.05, 4.69) is 0 Å². The van der Waals surface area contributed by atoms with Gasteiger partial charge in [0.2, 0.25) is 0 Å². The Morgan fingerprint density at radius 2 is 1.80 bits per heavy atom. The molecule has 0 rings (SSSR count). The van der Waals surface area contributed by atoms with Crippen molar-refractivity contribution < 1.29 is 18.0 Å². The first kappa shape index (κ1) is 14.1. The number of carbonyl (C=O) groups excluding carboxylic acids is 1. The molecule has 90 valence electrons. The van der Waals surface area contributed by atoms with E-state index in [9.17, 15) is 18.0 Å². The zero-order valence-corrected chi connectivity index (χ0v) is 9.19. The largest absolute Gasteiger partial charge is 0.405 e. The maximum atomic E-state index is 11.8. The number of hydrogen-bond donors (Lipinski definition) is 1. The second kappa shape index (κ2) is 5.82. The number of halogens is 3. The lowest BCUT2D eigenvalue weighted by atomic mass is 10.1. The van der Waals surface area contributed by atoms with Gasteiger partial charge in [0.25, 0.3) is 0 Å². The van der Waals surface area contributed by atoms with E-state index in [1.54, 1.807) is 0 Å². The van der Waals surface area contributed by atoms with Gasteiger partial charge >= 0.3 is 12.2 Å². The van der Waals surface area contributed by atoms with Crippen LogP contribution >= 0.6 is 0 Å². The normalized spacial score (nSPS) is 11.7. The van der Waals surface area contributed by atoms with Gasteiger partial charge in [0.15, 0.2) is 0 Å². The van der Waals surface area contributed by atoms with Crippen molar-refractivity contribution in [3.63, 3.8) is 0 Å². The van der Waals surface area contributed by atoms with Crippen molar-refractivity contribution in [2.75, 3.05) is 13.6 Å². The molecule has 0 atom stereocenters. The summed E-state index contributed by atoms with van der Waals surface area (Å²) >= 11 is 0. The minimum Gasteiger partial charge on any atom is -0.329 e. The first-order chi connectivity index (χ1) is 6.81. The van der Waals surface area contributed by atoms with Crippen LogP contribution < -0.4 is 5.32 Å². The van der Waals surface area contributed by atoms with Crippen LogP contribution in [-0.2, 0) is 0 Å². The molecule has 6 heteroatoms. The molecule has 0 aromatic heterocycles. The number of hydrogen-bond acceptors (Lipinski definition) is 1. The van der Waals surface area contributed by atoms with E-state index in [1.807, 2.05) is 19.2 Å². The SMILES string of the molecule is CCC(CC)N(C)C(=O)NCC(F)(F)F. The number of rotatable bonds is 4. The Labute approximate surface area is 87.6 Å². The van der Waals surface area contributed by atoms with Crippen molar-refractivity contribution in [1.29, 1.82) is 0 Å². The zero-order chi connectivity index (χ0) is 12.1. The second-order valence-corrected chi connectivity index (χ2v) is 3.36. The van der Waals surface area contributed by atoms with Gasteiger partial charge in [-0.1, -0.05) is 13.8 Å². The molecule has 0 aliphatic rings. The predicted octanol–water partition coefficient (Wildman–Crippen LogP) is 2.38. The highest BCUT2D eigenvalue weighted by Gasteiger charge is 2.29. The van der Waals surface area contributed by atoms with Gasteiger partial charge in [0.1, 0.15) is 6.54 Å². The fraction of sp³-hybridized carbons (Fsp3) is 0.889. The lowest BCUT2D eigenvalue weighted by Gasteiger charge is -2.26. The molecule has 0 bridgehead atoms. The number of urea groups is 1. The Morgan fingerprint density at radius 3 is 2.13 bits per heavy atom. The molecule has 0 radical (unpaired) electrons. The lowest BCUT2D eigenvalue weighted by Crippen LogP contribution is -2.45. The van der Waals surface area contributed by atoms with E-state index in [0.29, 0.717) is 0 Å². The highest BCUT2D eigenvalue weighted by atomic mass is 19.4. The Balaban J connectivity index is 4.09. The van der Waals surface area contributed by atoms with Crippen LogP contribution in [0.5, 0.6) is 0 Å². The van der Waals surface area contributed by atoms with Gasteiger partial charge in [-0.15, -0.1) is 0 Å². The van der Waals surface area contributed by atoms with Gasteiger partial charge < -0.3 is 10.2 Å². The molecule has 0 saturated heterocycles. The zero-order valence-electron chi connectivity index (χ0n) is 9.19. The van der Waals surface area contributed by atoms with Crippen LogP contribution in [0.2, 0.25) is 0 Å². The summed E-state index contributed by atoms with van der Waals surface area (Å²) in [7, 11) is 1.50. The molecule has 0 aromatic carbocycles. The first-order valence-corrected chi connectivity index (χ1v) is 4.89. The molecule has 15 heavy (non-hydrogen) atoms. The quantitative estimate of drug-likeness (QED) is 0.784. The van der Waals surface area contributed by atoms with Gasteiger partial charge in [-0.25, -0.2) is 4.79 Å². The third-order valence-electron chi connectivity index (χ3n) is 2.25. The molecule has 1 N–H and O–H groups in total. The Hall–Kier alpha value is -0.940. The van der Waals surface area contributed by atoms with E-state index in [4.69, 9.17) is 0 Å². The minimum atomic E-state index is -4.36. The molecule has 0 fully saturated rings. The molecule has 0 spiro atoms. The van der Waals surface area contributed by atoms with Crippen molar-refractivity contribution >= 4 is 6.03 Å². The van der Waals surface area contributed by atoms with Crippen LogP contribution in [0.4, 0.5) is 18.0 Å². The second-order valence-electron chi connectivity index (χ2n) is 3.36. The maximum Gasteiger partial charge on any atom is 0.405 e. The standard InChI is InChI=1S/C9H17F3N2O/c1-4-7(5-2)14(3)8(15)13-6-9(10,11)12/h7H,4-6H2,1-3H3,(H,13,15). The summed E-state index contributed by atoms with van der Waals surface area (Å²) in [4.78, 5) is 12.6. The van der Waals surface area contributed by atoms with Crippen molar-refractivity contribution in [3.8, 4) is 0 Å². The summed E-state index contributed by atoms with van der Waals surface area (Å²) in [6.45, 7) is 2.50. The predicted molar refractivity (Wildman–Crippen MR) is 51.6 cm³/mol. The Morgan fingerprint density at radius 1 is 1.33 bits per heavy atom. The summed E-state index contributed by atoms with van der Waals surface area (Å²) in [5.74, 6) is 0. The summed E-state index contributed by atoms with van der Waals surface area (Å²) < 4.78 is 35.4.